The molecule has 0 bridgehead atoms. The lowest BCUT2D eigenvalue weighted by atomic mass is 9.64. The van der Waals surface area contributed by atoms with Crippen molar-refractivity contribution in [3.63, 3.8) is 0 Å². The van der Waals surface area contributed by atoms with Crippen LogP contribution in [0.4, 0.5) is 0 Å². The van der Waals surface area contributed by atoms with E-state index in [0.29, 0.717) is 0 Å². The number of halogens is 1. The third-order valence-electron chi connectivity index (χ3n) is 3.97. The summed E-state index contributed by atoms with van der Waals surface area (Å²) in [6.45, 7) is 4.32. The molecule has 0 aliphatic heterocycles. The Labute approximate surface area is 110 Å². The van der Waals surface area contributed by atoms with Crippen LogP contribution >= 0.6 is 15.9 Å². The highest BCUT2D eigenvalue weighted by Gasteiger charge is 2.37. The molecule has 0 saturated carbocycles. The number of aliphatic carboxylic acids is 1. The van der Waals surface area contributed by atoms with Crippen LogP contribution in [-0.2, 0) is 16.6 Å². The molecule has 1 aliphatic carbocycles. The highest BCUT2D eigenvalue weighted by atomic mass is 79.9. The highest BCUT2D eigenvalue weighted by molar-refractivity contribution is 9.10. The number of benzene rings is 1. The number of carboxylic acid groups (broad SMARTS) is 1. The zero-order chi connectivity index (χ0) is 12.6. The first-order chi connectivity index (χ1) is 7.91. The number of hydrogen-bond donors (Lipinski definition) is 1. The van der Waals surface area contributed by atoms with E-state index in [1.54, 1.807) is 0 Å². The molecule has 1 unspecified atom stereocenters. The van der Waals surface area contributed by atoms with Crippen LogP contribution in [0.1, 0.15) is 37.8 Å². The molecule has 2 rings (SSSR count). The summed E-state index contributed by atoms with van der Waals surface area (Å²) >= 11 is 3.49. The maximum Gasteiger partial charge on any atom is 0.303 e. The first-order valence-corrected chi connectivity index (χ1v) is 6.71. The van der Waals surface area contributed by atoms with Gasteiger partial charge in [0.1, 0.15) is 0 Å². The fourth-order valence-electron chi connectivity index (χ4n) is 2.88. The lowest BCUT2D eigenvalue weighted by Crippen LogP contribution is -2.35. The van der Waals surface area contributed by atoms with Crippen LogP contribution in [0.15, 0.2) is 22.7 Å². The minimum Gasteiger partial charge on any atom is -0.481 e. The van der Waals surface area contributed by atoms with Gasteiger partial charge in [-0.05, 0) is 47.4 Å². The molecule has 3 heteroatoms. The molecule has 0 spiro atoms. The maximum atomic E-state index is 10.9. The molecule has 0 fully saturated rings. The average molecular weight is 297 g/mol. The van der Waals surface area contributed by atoms with Crippen molar-refractivity contribution in [2.45, 2.75) is 38.5 Å². The summed E-state index contributed by atoms with van der Waals surface area (Å²) in [5, 5.41) is 8.98. The van der Waals surface area contributed by atoms with Gasteiger partial charge in [-0.15, -0.1) is 0 Å². The Morgan fingerprint density at radius 2 is 2.24 bits per heavy atom. The van der Waals surface area contributed by atoms with Crippen LogP contribution in [0.25, 0.3) is 0 Å². The van der Waals surface area contributed by atoms with Crippen molar-refractivity contribution in [1.82, 2.24) is 0 Å². The van der Waals surface area contributed by atoms with Gasteiger partial charge < -0.3 is 5.11 Å². The van der Waals surface area contributed by atoms with E-state index < -0.39 is 5.97 Å². The molecule has 1 atom stereocenters. The van der Waals surface area contributed by atoms with E-state index in [9.17, 15) is 4.79 Å². The van der Waals surface area contributed by atoms with E-state index in [1.165, 1.54) is 11.1 Å². The highest BCUT2D eigenvalue weighted by Crippen LogP contribution is 2.43. The van der Waals surface area contributed by atoms with Crippen molar-refractivity contribution in [3.05, 3.63) is 33.8 Å². The van der Waals surface area contributed by atoms with E-state index in [1.807, 2.05) is 6.07 Å². The summed E-state index contributed by atoms with van der Waals surface area (Å²) in [5.41, 5.74) is 2.61. The predicted molar refractivity (Wildman–Crippen MR) is 71.2 cm³/mol. The Hall–Kier alpha value is -0.830. The molecule has 1 aromatic carbocycles. The number of carboxylic acids is 1. The maximum absolute atomic E-state index is 10.9. The molecule has 17 heavy (non-hydrogen) atoms. The van der Waals surface area contributed by atoms with Gasteiger partial charge in [-0.25, -0.2) is 0 Å². The molecule has 0 heterocycles. The zero-order valence-corrected chi connectivity index (χ0v) is 11.8. The van der Waals surface area contributed by atoms with Crippen molar-refractivity contribution in [3.8, 4) is 0 Å². The van der Waals surface area contributed by atoms with Gasteiger partial charge in [0.15, 0.2) is 0 Å². The second kappa shape index (κ2) is 4.45. The minimum absolute atomic E-state index is 0.0489. The Morgan fingerprint density at radius 3 is 2.88 bits per heavy atom. The summed E-state index contributed by atoms with van der Waals surface area (Å²) in [7, 11) is 0. The van der Waals surface area contributed by atoms with Gasteiger partial charge in [-0.3, -0.25) is 4.79 Å². The first-order valence-electron chi connectivity index (χ1n) is 5.92. The third kappa shape index (κ3) is 2.39. The molecule has 0 radical (unpaired) electrons. The molecule has 1 aliphatic rings. The molecular formula is C14H17BrO2. The summed E-state index contributed by atoms with van der Waals surface area (Å²) < 4.78 is 1.10. The molecule has 92 valence electrons. The zero-order valence-electron chi connectivity index (χ0n) is 10.2. The molecule has 0 aromatic heterocycles. The first kappa shape index (κ1) is 12.6. The van der Waals surface area contributed by atoms with Crippen molar-refractivity contribution >= 4 is 21.9 Å². The summed E-state index contributed by atoms with van der Waals surface area (Å²) in [6, 6.07) is 6.34. The van der Waals surface area contributed by atoms with Gasteiger partial charge in [0.2, 0.25) is 0 Å². The van der Waals surface area contributed by atoms with Crippen LogP contribution in [0.2, 0.25) is 0 Å². The number of hydrogen-bond acceptors (Lipinski definition) is 1. The molecule has 2 nitrogen and oxygen atoms in total. The summed E-state index contributed by atoms with van der Waals surface area (Å²) in [6.07, 6.45) is 2.21. The Morgan fingerprint density at radius 1 is 1.53 bits per heavy atom. The number of rotatable bonds is 2. The van der Waals surface area contributed by atoms with Crippen LogP contribution in [0, 0.1) is 5.92 Å². The fraction of sp³-hybridized carbons (Fsp3) is 0.500. The van der Waals surface area contributed by atoms with Crippen molar-refractivity contribution in [1.29, 1.82) is 0 Å². The average Bonchev–Trinajstić information content (AvgIpc) is 2.21. The fourth-order valence-corrected chi connectivity index (χ4v) is 3.28. The number of aryl methyl sites for hydroxylation is 1. The van der Waals surface area contributed by atoms with Crippen LogP contribution in [-0.4, -0.2) is 11.1 Å². The van der Waals surface area contributed by atoms with Gasteiger partial charge in [-0.1, -0.05) is 35.8 Å². The second-order valence-corrected chi connectivity index (χ2v) is 6.27. The largest absolute Gasteiger partial charge is 0.481 e. The standard InChI is InChI=1S/C14H17BrO2/c1-14(2)10(8-13(16)17)4-3-9-7-11(15)5-6-12(9)14/h5-7,10H,3-4,8H2,1-2H3,(H,16,17). The lowest BCUT2D eigenvalue weighted by Gasteiger charge is -2.40. The van der Waals surface area contributed by atoms with Gasteiger partial charge in [0.05, 0.1) is 0 Å². The van der Waals surface area contributed by atoms with E-state index in [2.05, 4.69) is 41.9 Å². The topological polar surface area (TPSA) is 37.3 Å². The Bertz CT molecular complexity index is 452. The van der Waals surface area contributed by atoms with Crippen LogP contribution in [0.5, 0.6) is 0 Å². The smallest absolute Gasteiger partial charge is 0.303 e. The molecule has 1 aromatic rings. The SMILES string of the molecule is CC1(C)c2ccc(Br)cc2CCC1CC(=O)O. The van der Waals surface area contributed by atoms with E-state index in [0.717, 1.165) is 17.3 Å². The van der Waals surface area contributed by atoms with Gasteiger partial charge in [0.25, 0.3) is 0 Å². The van der Waals surface area contributed by atoms with Gasteiger partial charge >= 0.3 is 5.97 Å². The van der Waals surface area contributed by atoms with Crippen molar-refractivity contribution in [2.75, 3.05) is 0 Å². The lowest BCUT2D eigenvalue weighted by molar-refractivity contribution is -0.138. The second-order valence-electron chi connectivity index (χ2n) is 5.36. The van der Waals surface area contributed by atoms with Gasteiger partial charge in [0, 0.05) is 10.9 Å². The van der Waals surface area contributed by atoms with Gasteiger partial charge in [-0.2, -0.15) is 0 Å². The normalized spacial score (nSPS) is 21.9. The molecule has 0 amide bonds. The van der Waals surface area contributed by atoms with Crippen LogP contribution in [0.3, 0.4) is 0 Å². The van der Waals surface area contributed by atoms with Crippen LogP contribution < -0.4 is 0 Å². The van der Waals surface area contributed by atoms with E-state index >= 15 is 0 Å². The Balaban J connectivity index is 2.37. The monoisotopic (exact) mass is 296 g/mol. The van der Waals surface area contributed by atoms with E-state index in [-0.39, 0.29) is 17.8 Å². The Kier molecular flexibility index (Phi) is 3.30. The summed E-state index contributed by atoms with van der Waals surface area (Å²) in [5.74, 6) is -0.461. The third-order valence-corrected chi connectivity index (χ3v) is 4.46. The molecule has 0 saturated heterocycles. The predicted octanol–water partition coefficient (Wildman–Crippen LogP) is 3.76. The van der Waals surface area contributed by atoms with E-state index in [4.69, 9.17) is 5.11 Å². The minimum atomic E-state index is -0.691. The van der Waals surface area contributed by atoms with Crippen molar-refractivity contribution in [2.24, 2.45) is 5.92 Å². The molecular weight excluding hydrogens is 280 g/mol. The molecule has 1 N–H and O–H groups in total. The quantitative estimate of drug-likeness (QED) is 0.902. The van der Waals surface area contributed by atoms with Crippen molar-refractivity contribution < 1.29 is 9.90 Å². The number of fused-ring (bicyclic) bond motifs is 1. The number of carbonyl (C=O) groups is 1. The summed E-state index contributed by atoms with van der Waals surface area (Å²) in [4.78, 5) is 10.9.